The zero-order valence-corrected chi connectivity index (χ0v) is 15.5. The van der Waals surface area contributed by atoms with Gasteiger partial charge in [0.05, 0.1) is 0 Å². The zero-order valence-electron chi connectivity index (χ0n) is 13.8. The van der Waals surface area contributed by atoms with Crippen molar-refractivity contribution in [2.24, 2.45) is 5.92 Å². The predicted molar refractivity (Wildman–Crippen MR) is 102 cm³/mol. The Hall–Kier alpha value is -1.16. The van der Waals surface area contributed by atoms with E-state index in [9.17, 15) is 0 Å². The van der Waals surface area contributed by atoms with Crippen LogP contribution >= 0.6 is 17.0 Å². The molecule has 2 bridgehead atoms. The highest BCUT2D eigenvalue weighted by molar-refractivity contribution is 8.93. The maximum absolute atomic E-state index is 2.57. The van der Waals surface area contributed by atoms with E-state index in [0.717, 1.165) is 0 Å². The first-order chi connectivity index (χ1) is 10.2. The average Bonchev–Trinajstić information content (AvgIpc) is 2.53. The van der Waals surface area contributed by atoms with Gasteiger partial charge in [0, 0.05) is 11.5 Å². The maximum atomic E-state index is 2.57. The first-order valence-electron chi connectivity index (χ1n) is 8.07. The molecule has 2 nitrogen and oxygen atoms in total. The second kappa shape index (κ2) is 6.76. The number of benzene rings is 2. The Kier molecular flexibility index (Phi) is 5.34. The van der Waals surface area contributed by atoms with Crippen LogP contribution in [0.2, 0.25) is 0 Å². The molecule has 0 amide bonds. The molecule has 2 aromatic rings. The van der Waals surface area contributed by atoms with Crippen LogP contribution in [0.25, 0.3) is 0 Å². The van der Waals surface area contributed by atoms with Crippen LogP contribution in [0.4, 0.5) is 0 Å². The van der Waals surface area contributed by atoms with Gasteiger partial charge in [0.1, 0.15) is 0 Å². The number of likely N-dealkylation sites (tertiary alicyclic amines) is 1. The molecule has 3 atom stereocenters. The standard InChI is InChI=1S/C20H23N.BrH.H2O/c1-15-19-14-16-8-6-7-11-18(16)20(15,12-13-21(19)2)17-9-4-3-5-10-17;;/h3-11,15,19H,12-14H2,1-2H3;1H;1H2. The van der Waals surface area contributed by atoms with Crippen LogP contribution in [0, 0.1) is 5.92 Å². The fourth-order valence-corrected chi connectivity index (χ4v) is 4.83. The summed E-state index contributed by atoms with van der Waals surface area (Å²) in [6.45, 7) is 3.65. The summed E-state index contributed by atoms with van der Waals surface area (Å²) < 4.78 is 0. The molecule has 2 N–H and O–H groups in total. The monoisotopic (exact) mass is 375 g/mol. The summed E-state index contributed by atoms with van der Waals surface area (Å²) in [5.74, 6) is 0.661. The lowest BCUT2D eigenvalue weighted by Crippen LogP contribution is -2.58. The number of rotatable bonds is 1. The van der Waals surface area contributed by atoms with Crippen molar-refractivity contribution < 1.29 is 5.48 Å². The van der Waals surface area contributed by atoms with Crippen molar-refractivity contribution in [3.8, 4) is 0 Å². The first kappa shape index (κ1) is 18.2. The molecule has 4 rings (SSSR count). The molecule has 1 saturated heterocycles. The van der Waals surface area contributed by atoms with Crippen LogP contribution in [-0.2, 0) is 11.8 Å². The van der Waals surface area contributed by atoms with E-state index in [1.54, 1.807) is 11.1 Å². The van der Waals surface area contributed by atoms with E-state index in [-0.39, 0.29) is 27.9 Å². The number of nitrogens with zero attached hydrogens (tertiary/aromatic N) is 1. The lowest BCUT2D eigenvalue weighted by atomic mass is 9.55. The third-order valence-electron chi connectivity index (χ3n) is 6.00. The lowest BCUT2D eigenvalue weighted by molar-refractivity contribution is 0.0615. The van der Waals surface area contributed by atoms with E-state index in [1.807, 2.05) is 0 Å². The number of halogens is 1. The summed E-state index contributed by atoms with van der Waals surface area (Å²) in [7, 11) is 2.30. The van der Waals surface area contributed by atoms with E-state index in [0.29, 0.717) is 12.0 Å². The van der Waals surface area contributed by atoms with Crippen molar-refractivity contribution in [2.75, 3.05) is 13.6 Å². The van der Waals surface area contributed by atoms with Gasteiger partial charge >= 0.3 is 0 Å². The molecule has 3 heteroatoms. The fourth-order valence-electron chi connectivity index (χ4n) is 4.83. The van der Waals surface area contributed by atoms with Gasteiger partial charge in [-0.25, -0.2) is 0 Å². The molecule has 1 heterocycles. The van der Waals surface area contributed by atoms with Gasteiger partial charge < -0.3 is 10.4 Å². The molecule has 124 valence electrons. The largest absolute Gasteiger partial charge is 0.412 e. The highest BCUT2D eigenvalue weighted by Crippen LogP contribution is 2.52. The van der Waals surface area contributed by atoms with Crippen molar-refractivity contribution in [1.29, 1.82) is 0 Å². The Morgan fingerprint density at radius 2 is 1.65 bits per heavy atom. The third kappa shape index (κ3) is 2.55. The van der Waals surface area contributed by atoms with E-state index in [2.05, 4.69) is 73.5 Å². The quantitative estimate of drug-likeness (QED) is 0.749. The van der Waals surface area contributed by atoms with Gasteiger partial charge in [0.25, 0.3) is 0 Å². The summed E-state index contributed by atoms with van der Waals surface area (Å²) in [4.78, 5) is 2.57. The molecule has 2 aromatic carbocycles. The Morgan fingerprint density at radius 1 is 1.00 bits per heavy atom. The summed E-state index contributed by atoms with van der Waals surface area (Å²) in [5, 5.41) is 0. The Bertz CT molecular complexity index is 660. The normalized spacial score (nSPS) is 29.0. The highest BCUT2D eigenvalue weighted by Gasteiger charge is 2.51. The summed E-state index contributed by atoms with van der Waals surface area (Å²) in [6, 6.07) is 21.0. The molecule has 0 spiro atoms. The van der Waals surface area contributed by atoms with Crippen LogP contribution in [-0.4, -0.2) is 30.0 Å². The minimum atomic E-state index is 0. The zero-order chi connectivity index (χ0) is 14.4. The molecule has 0 saturated carbocycles. The summed E-state index contributed by atoms with van der Waals surface area (Å²) in [6.07, 6.45) is 2.42. The van der Waals surface area contributed by atoms with Crippen molar-refractivity contribution >= 4 is 17.0 Å². The van der Waals surface area contributed by atoms with E-state index in [4.69, 9.17) is 0 Å². The van der Waals surface area contributed by atoms with E-state index < -0.39 is 0 Å². The van der Waals surface area contributed by atoms with E-state index >= 15 is 0 Å². The highest BCUT2D eigenvalue weighted by atomic mass is 79.9. The Labute approximate surface area is 149 Å². The average molecular weight is 376 g/mol. The number of fused-ring (bicyclic) bond motifs is 4. The predicted octanol–water partition coefficient (Wildman–Crippen LogP) is 3.62. The maximum Gasteiger partial charge on any atom is 0.0258 e. The van der Waals surface area contributed by atoms with Gasteiger partial charge in [-0.1, -0.05) is 61.5 Å². The van der Waals surface area contributed by atoms with Gasteiger partial charge in [-0.2, -0.15) is 0 Å². The van der Waals surface area contributed by atoms with Crippen LogP contribution in [0.3, 0.4) is 0 Å². The van der Waals surface area contributed by atoms with Crippen molar-refractivity contribution in [3.05, 3.63) is 71.3 Å². The fraction of sp³-hybridized carbons (Fsp3) is 0.400. The number of piperidine rings is 1. The molecule has 2 aliphatic rings. The minimum Gasteiger partial charge on any atom is -0.412 e. The van der Waals surface area contributed by atoms with Crippen LogP contribution < -0.4 is 0 Å². The molecule has 0 aromatic heterocycles. The van der Waals surface area contributed by atoms with Gasteiger partial charge in [-0.3, -0.25) is 0 Å². The molecule has 1 fully saturated rings. The molecular weight excluding hydrogens is 350 g/mol. The Morgan fingerprint density at radius 3 is 2.39 bits per heavy atom. The summed E-state index contributed by atoms with van der Waals surface area (Å²) >= 11 is 0. The first-order valence-corrected chi connectivity index (χ1v) is 8.07. The smallest absolute Gasteiger partial charge is 0.0258 e. The Balaban J connectivity index is 0.000000960. The molecule has 1 aliphatic carbocycles. The van der Waals surface area contributed by atoms with Gasteiger partial charge in [-0.05, 0) is 49.0 Å². The van der Waals surface area contributed by atoms with Crippen LogP contribution in [0.15, 0.2) is 54.6 Å². The van der Waals surface area contributed by atoms with E-state index in [1.165, 1.54) is 24.9 Å². The second-order valence-corrected chi connectivity index (χ2v) is 6.79. The van der Waals surface area contributed by atoms with Crippen molar-refractivity contribution in [1.82, 2.24) is 4.90 Å². The van der Waals surface area contributed by atoms with Crippen molar-refractivity contribution in [2.45, 2.75) is 31.2 Å². The molecule has 0 radical (unpaired) electrons. The van der Waals surface area contributed by atoms with Crippen molar-refractivity contribution in [3.63, 3.8) is 0 Å². The SMILES string of the molecule is Br.CC1C2Cc3ccccc3C1(c1ccccc1)CCN2C.O. The van der Waals surface area contributed by atoms with Gasteiger partial charge in [0.2, 0.25) is 0 Å². The van der Waals surface area contributed by atoms with Gasteiger partial charge in [-0.15, -0.1) is 17.0 Å². The molecule has 23 heavy (non-hydrogen) atoms. The third-order valence-corrected chi connectivity index (χ3v) is 6.00. The van der Waals surface area contributed by atoms with Crippen LogP contribution in [0.1, 0.15) is 30.0 Å². The number of hydrogen-bond donors (Lipinski definition) is 0. The molecule has 1 aliphatic heterocycles. The summed E-state index contributed by atoms with van der Waals surface area (Å²) in [5.41, 5.74) is 4.83. The molecule has 3 unspecified atom stereocenters. The second-order valence-electron chi connectivity index (χ2n) is 6.79. The topological polar surface area (TPSA) is 34.7 Å². The number of likely N-dealkylation sites (N-methyl/N-ethyl adjacent to an activating group) is 1. The van der Waals surface area contributed by atoms with Crippen LogP contribution in [0.5, 0.6) is 0 Å². The minimum absolute atomic E-state index is 0. The van der Waals surface area contributed by atoms with Gasteiger partial charge in [0.15, 0.2) is 0 Å². The molecular formula is C20H26BrNO. The number of hydrogen-bond acceptors (Lipinski definition) is 1. The lowest BCUT2D eigenvalue weighted by Gasteiger charge is -2.55.